The van der Waals surface area contributed by atoms with Crippen LogP contribution in [0.15, 0.2) is 12.3 Å². The summed E-state index contributed by atoms with van der Waals surface area (Å²) < 4.78 is 39.0. The average molecular weight is 290 g/mol. The molecular weight excluding hydrogens is 286 g/mol. The number of aromatic nitrogens is 1. The predicted molar refractivity (Wildman–Crippen MR) is 48.6 cm³/mol. The molecule has 0 aromatic carbocycles. The Balaban J connectivity index is 2.90. The van der Waals surface area contributed by atoms with Crippen molar-refractivity contribution in [3.05, 3.63) is 23.0 Å². The summed E-state index contributed by atoms with van der Waals surface area (Å²) in [5.74, 6) is -0.378. The highest BCUT2D eigenvalue weighted by Gasteiger charge is 2.31. The Morgan fingerprint density at radius 2 is 2.14 bits per heavy atom. The maximum atomic E-state index is 11.8. The van der Waals surface area contributed by atoms with E-state index in [2.05, 4.69) is 25.7 Å². The van der Waals surface area contributed by atoms with Gasteiger partial charge in [-0.1, -0.05) is 27.5 Å². The molecule has 1 heterocycles. The average Bonchev–Trinajstić information content (AvgIpc) is 2.06. The fraction of sp³-hybridized carbons (Fsp3) is 0.286. The molecule has 0 spiro atoms. The highest BCUT2D eigenvalue weighted by Crippen LogP contribution is 2.26. The Labute approximate surface area is 91.2 Å². The lowest BCUT2D eigenvalue weighted by Gasteiger charge is -2.09. The van der Waals surface area contributed by atoms with Gasteiger partial charge in [-0.25, -0.2) is 4.98 Å². The van der Waals surface area contributed by atoms with Gasteiger partial charge in [0, 0.05) is 10.9 Å². The molecule has 2 nitrogen and oxygen atoms in total. The second-order valence-corrected chi connectivity index (χ2v) is 3.22. The molecule has 0 bridgehead atoms. The van der Waals surface area contributed by atoms with Gasteiger partial charge in [0.1, 0.15) is 10.9 Å². The molecule has 0 saturated carbocycles. The SMILES string of the molecule is FC(F)(F)Oc1cnc(Cl)c(CBr)c1. The van der Waals surface area contributed by atoms with Crippen LogP contribution in [0.2, 0.25) is 5.15 Å². The van der Waals surface area contributed by atoms with Gasteiger partial charge in [0.05, 0.1) is 6.20 Å². The zero-order chi connectivity index (χ0) is 10.8. The molecule has 1 aromatic heterocycles. The van der Waals surface area contributed by atoms with Crippen LogP contribution in [-0.4, -0.2) is 11.3 Å². The van der Waals surface area contributed by atoms with Crippen molar-refractivity contribution in [2.75, 3.05) is 0 Å². The Kier molecular flexibility index (Phi) is 3.60. The van der Waals surface area contributed by atoms with Crippen LogP contribution < -0.4 is 4.74 Å². The van der Waals surface area contributed by atoms with E-state index in [4.69, 9.17) is 11.6 Å². The Morgan fingerprint density at radius 3 is 2.64 bits per heavy atom. The van der Waals surface area contributed by atoms with Gasteiger partial charge in [0.2, 0.25) is 0 Å². The number of hydrogen-bond acceptors (Lipinski definition) is 2. The third kappa shape index (κ3) is 3.34. The number of pyridine rings is 1. The van der Waals surface area contributed by atoms with Gasteiger partial charge in [0.25, 0.3) is 0 Å². The molecular formula is C7H4BrClF3NO. The lowest BCUT2D eigenvalue weighted by atomic mass is 10.3. The van der Waals surface area contributed by atoms with Crippen molar-refractivity contribution in [3.8, 4) is 5.75 Å². The van der Waals surface area contributed by atoms with Gasteiger partial charge in [-0.3, -0.25) is 0 Å². The molecule has 1 rings (SSSR count). The van der Waals surface area contributed by atoms with Crippen molar-refractivity contribution in [1.29, 1.82) is 0 Å². The summed E-state index contributed by atoms with van der Waals surface area (Å²) in [5, 5.41) is 0.463. The zero-order valence-electron chi connectivity index (χ0n) is 6.61. The Morgan fingerprint density at radius 1 is 1.50 bits per heavy atom. The standard InChI is InChI=1S/C7H4BrClF3NO/c8-2-4-1-5(3-13-6(4)9)14-7(10,11)12/h1,3H,2H2. The quantitative estimate of drug-likeness (QED) is 0.614. The van der Waals surface area contributed by atoms with Crippen LogP contribution in [0.5, 0.6) is 5.75 Å². The molecule has 78 valence electrons. The number of nitrogens with zero attached hydrogens (tertiary/aromatic N) is 1. The molecule has 0 unspecified atom stereocenters. The van der Waals surface area contributed by atoms with E-state index in [9.17, 15) is 13.2 Å². The number of rotatable bonds is 2. The first kappa shape index (κ1) is 11.6. The fourth-order valence-corrected chi connectivity index (χ4v) is 1.51. The first-order valence-corrected chi connectivity index (χ1v) is 4.88. The van der Waals surface area contributed by atoms with Crippen molar-refractivity contribution >= 4 is 27.5 Å². The van der Waals surface area contributed by atoms with Gasteiger partial charge < -0.3 is 4.74 Å². The summed E-state index contributed by atoms with van der Waals surface area (Å²) in [6, 6.07) is 1.18. The smallest absolute Gasteiger partial charge is 0.404 e. The minimum absolute atomic E-state index is 0.149. The van der Waals surface area contributed by atoms with E-state index in [1.54, 1.807) is 0 Å². The van der Waals surface area contributed by atoms with Crippen molar-refractivity contribution < 1.29 is 17.9 Å². The first-order valence-electron chi connectivity index (χ1n) is 3.38. The topological polar surface area (TPSA) is 22.1 Å². The van der Waals surface area contributed by atoms with Crippen LogP contribution in [-0.2, 0) is 5.33 Å². The van der Waals surface area contributed by atoms with Crippen LogP contribution in [0.25, 0.3) is 0 Å². The fourth-order valence-electron chi connectivity index (χ4n) is 0.755. The van der Waals surface area contributed by atoms with Gasteiger partial charge in [0.15, 0.2) is 0 Å². The Hall–Kier alpha value is -0.490. The molecule has 0 aliphatic carbocycles. The van der Waals surface area contributed by atoms with Crippen molar-refractivity contribution in [2.45, 2.75) is 11.7 Å². The monoisotopic (exact) mass is 289 g/mol. The molecule has 0 atom stereocenters. The number of hydrogen-bond donors (Lipinski definition) is 0. The maximum absolute atomic E-state index is 11.8. The van der Waals surface area contributed by atoms with Crippen LogP contribution in [0.4, 0.5) is 13.2 Å². The molecule has 0 radical (unpaired) electrons. The third-order valence-corrected chi connectivity index (χ3v) is 2.21. The van der Waals surface area contributed by atoms with Crippen molar-refractivity contribution in [2.24, 2.45) is 0 Å². The minimum atomic E-state index is -4.71. The second-order valence-electron chi connectivity index (χ2n) is 2.30. The summed E-state index contributed by atoms with van der Waals surface area (Å²) >= 11 is 8.65. The summed E-state index contributed by atoms with van der Waals surface area (Å²) in [7, 11) is 0. The molecule has 0 saturated heterocycles. The summed E-state index contributed by atoms with van der Waals surface area (Å²) in [6.07, 6.45) is -3.79. The summed E-state index contributed by atoms with van der Waals surface area (Å²) in [4.78, 5) is 3.54. The summed E-state index contributed by atoms with van der Waals surface area (Å²) in [5.41, 5.74) is 0.438. The second kappa shape index (κ2) is 4.35. The molecule has 0 fully saturated rings. The highest BCUT2D eigenvalue weighted by atomic mass is 79.9. The highest BCUT2D eigenvalue weighted by molar-refractivity contribution is 9.08. The van der Waals surface area contributed by atoms with E-state index < -0.39 is 6.36 Å². The zero-order valence-corrected chi connectivity index (χ0v) is 8.95. The lowest BCUT2D eigenvalue weighted by Crippen LogP contribution is -2.17. The minimum Gasteiger partial charge on any atom is -0.404 e. The van der Waals surface area contributed by atoms with Gasteiger partial charge in [-0.05, 0) is 6.07 Å². The van der Waals surface area contributed by atoms with E-state index >= 15 is 0 Å². The van der Waals surface area contributed by atoms with E-state index in [-0.39, 0.29) is 10.9 Å². The largest absolute Gasteiger partial charge is 0.573 e. The van der Waals surface area contributed by atoms with Crippen LogP contribution in [0.3, 0.4) is 0 Å². The molecule has 14 heavy (non-hydrogen) atoms. The van der Waals surface area contributed by atoms with Gasteiger partial charge in [-0.15, -0.1) is 13.2 Å². The van der Waals surface area contributed by atoms with Gasteiger partial charge in [-0.2, -0.15) is 0 Å². The molecule has 0 aliphatic rings. The van der Waals surface area contributed by atoms with Crippen molar-refractivity contribution in [1.82, 2.24) is 4.98 Å². The Bertz CT molecular complexity index is 331. The van der Waals surface area contributed by atoms with E-state index in [1.165, 1.54) is 6.07 Å². The summed E-state index contributed by atoms with van der Waals surface area (Å²) in [6.45, 7) is 0. The van der Waals surface area contributed by atoms with E-state index in [1.807, 2.05) is 0 Å². The van der Waals surface area contributed by atoms with E-state index in [0.717, 1.165) is 6.20 Å². The number of halogens is 5. The van der Waals surface area contributed by atoms with Crippen molar-refractivity contribution in [3.63, 3.8) is 0 Å². The van der Waals surface area contributed by atoms with Gasteiger partial charge >= 0.3 is 6.36 Å². The third-order valence-electron chi connectivity index (χ3n) is 1.26. The predicted octanol–water partition coefficient (Wildman–Crippen LogP) is 3.53. The molecule has 0 N–H and O–H groups in total. The molecule has 1 aromatic rings. The maximum Gasteiger partial charge on any atom is 0.573 e. The van der Waals surface area contributed by atoms with Crippen LogP contribution in [0, 0.1) is 0 Å². The molecule has 0 amide bonds. The molecule has 7 heteroatoms. The first-order chi connectivity index (χ1) is 6.42. The van der Waals surface area contributed by atoms with E-state index in [0.29, 0.717) is 10.9 Å². The number of ether oxygens (including phenoxy) is 1. The van der Waals surface area contributed by atoms with Crippen LogP contribution in [0.1, 0.15) is 5.56 Å². The normalized spacial score (nSPS) is 11.5. The molecule has 0 aliphatic heterocycles. The number of alkyl halides is 4. The lowest BCUT2D eigenvalue weighted by molar-refractivity contribution is -0.274. The van der Waals surface area contributed by atoms with Crippen LogP contribution >= 0.6 is 27.5 Å².